The molecule has 2 aliphatic rings. The van der Waals surface area contributed by atoms with Crippen LogP contribution in [-0.4, -0.2) is 36.1 Å². The highest BCUT2D eigenvalue weighted by Gasteiger charge is 2.49. The zero-order valence-corrected chi connectivity index (χ0v) is 24.5. The first kappa shape index (κ1) is 32.0. The lowest BCUT2D eigenvalue weighted by atomic mass is 9.93. The molecule has 7 nitrogen and oxygen atoms in total. The highest BCUT2D eigenvalue weighted by atomic mass is 16.8. The lowest BCUT2D eigenvalue weighted by molar-refractivity contribution is -0.425. The van der Waals surface area contributed by atoms with E-state index >= 15 is 0 Å². The molecule has 37 heavy (non-hydrogen) atoms. The van der Waals surface area contributed by atoms with Gasteiger partial charge in [0, 0.05) is 52.4 Å². The minimum Gasteiger partial charge on any atom is -0.436 e. The zero-order chi connectivity index (χ0) is 27.3. The fourth-order valence-electron chi connectivity index (χ4n) is 5.53. The highest BCUT2D eigenvalue weighted by molar-refractivity contribution is 5.66. The Morgan fingerprint density at radius 2 is 1.11 bits per heavy atom. The molecule has 0 amide bonds. The van der Waals surface area contributed by atoms with Gasteiger partial charge in [0.25, 0.3) is 0 Å². The molecule has 2 saturated heterocycles. The molecule has 0 aliphatic carbocycles. The van der Waals surface area contributed by atoms with Crippen molar-refractivity contribution in [2.45, 2.75) is 168 Å². The van der Waals surface area contributed by atoms with Gasteiger partial charge in [-0.2, -0.15) is 0 Å². The molecule has 0 spiro atoms. The van der Waals surface area contributed by atoms with Gasteiger partial charge < -0.3 is 23.7 Å². The van der Waals surface area contributed by atoms with Gasteiger partial charge in [0.1, 0.15) is 0 Å². The predicted octanol–water partition coefficient (Wildman–Crippen LogP) is 7.79. The molecule has 0 aromatic rings. The van der Waals surface area contributed by atoms with E-state index < -0.39 is 24.2 Å². The van der Waals surface area contributed by atoms with Gasteiger partial charge in [-0.15, -0.1) is 0 Å². The Labute approximate surface area is 225 Å². The third kappa shape index (κ3) is 12.5. The van der Waals surface area contributed by atoms with Crippen LogP contribution >= 0.6 is 0 Å². The van der Waals surface area contributed by atoms with E-state index in [4.69, 9.17) is 23.7 Å². The van der Waals surface area contributed by atoms with Gasteiger partial charge in [-0.25, -0.2) is 0 Å². The number of hydrogen-bond acceptors (Lipinski definition) is 7. The van der Waals surface area contributed by atoms with Gasteiger partial charge >= 0.3 is 11.9 Å². The van der Waals surface area contributed by atoms with Crippen molar-refractivity contribution in [1.29, 1.82) is 0 Å². The summed E-state index contributed by atoms with van der Waals surface area (Å²) in [6.07, 6.45) is 13.6. The lowest BCUT2D eigenvalue weighted by Crippen LogP contribution is -2.54. The topological polar surface area (TPSA) is 80.3 Å². The Hall–Kier alpha value is -1.18. The van der Waals surface area contributed by atoms with E-state index in [9.17, 15) is 9.59 Å². The summed E-state index contributed by atoms with van der Waals surface area (Å²) in [5.41, 5.74) is 0. The standard InChI is InChI=1S/C30H54O7/c1-23(2)15-9-7-11-19-29(21-13-17-27(35-29)33-25(5)31)37-30(20-12-8-10-16-24(3)4)22-14-18-28(36-30)34-26(6)32/h23-24,27-28H,7-22H2,1-6H3. The quantitative estimate of drug-likeness (QED) is 0.150. The molecule has 0 radical (unpaired) electrons. The summed E-state index contributed by atoms with van der Waals surface area (Å²) in [4.78, 5) is 23.4. The van der Waals surface area contributed by atoms with Crippen LogP contribution in [0, 0.1) is 11.8 Å². The van der Waals surface area contributed by atoms with Crippen molar-refractivity contribution in [2.75, 3.05) is 0 Å². The third-order valence-corrected chi connectivity index (χ3v) is 7.33. The van der Waals surface area contributed by atoms with Crippen LogP contribution in [0.2, 0.25) is 0 Å². The third-order valence-electron chi connectivity index (χ3n) is 7.33. The van der Waals surface area contributed by atoms with Crippen molar-refractivity contribution in [3.8, 4) is 0 Å². The van der Waals surface area contributed by atoms with Gasteiger partial charge in [0.05, 0.1) is 0 Å². The normalized spacial score (nSPS) is 28.4. The number of unbranched alkanes of at least 4 members (excludes halogenated alkanes) is 4. The van der Waals surface area contributed by atoms with Crippen molar-refractivity contribution in [3.05, 3.63) is 0 Å². The molecule has 0 aromatic carbocycles. The Balaban J connectivity index is 2.19. The van der Waals surface area contributed by atoms with Gasteiger partial charge in [0.2, 0.25) is 12.6 Å². The van der Waals surface area contributed by atoms with E-state index in [1.165, 1.54) is 39.5 Å². The number of ether oxygens (including phenoxy) is 5. The number of esters is 2. The Kier molecular flexibility index (Phi) is 13.9. The second-order valence-corrected chi connectivity index (χ2v) is 12.0. The molecule has 0 bridgehead atoms. The average Bonchev–Trinajstić information content (AvgIpc) is 2.77. The summed E-state index contributed by atoms with van der Waals surface area (Å²) in [6, 6.07) is 0. The SMILES string of the molecule is CC(=O)OC1CCCC(CCCCCC(C)C)(OC2(CCCCCC(C)C)CCCC(OC(C)=O)O2)O1. The molecule has 0 aromatic heterocycles. The largest absolute Gasteiger partial charge is 0.436 e. The zero-order valence-electron chi connectivity index (χ0n) is 24.5. The minimum absolute atomic E-state index is 0.346. The number of carbonyl (C=O) groups excluding carboxylic acids is 2. The molecule has 2 fully saturated rings. The van der Waals surface area contributed by atoms with Gasteiger partial charge in [-0.3, -0.25) is 9.59 Å². The van der Waals surface area contributed by atoms with E-state index in [2.05, 4.69) is 27.7 Å². The van der Waals surface area contributed by atoms with Crippen LogP contribution in [0.1, 0.15) is 144 Å². The minimum atomic E-state index is -0.883. The molecule has 2 rings (SSSR count). The number of hydrogen-bond donors (Lipinski definition) is 0. The summed E-state index contributed by atoms with van der Waals surface area (Å²) in [5.74, 6) is -1.07. The van der Waals surface area contributed by atoms with Gasteiger partial charge in [0.15, 0.2) is 11.6 Å². The second-order valence-electron chi connectivity index (χ2n) is 12.0. The maximum atomic E-state index is 11.7. The second kappa shape index (κ2) is 16.0. The van der Waals surface area contributed by atoms with Crippen LogP contribution in [0.5, 0.6) is 0 Å². The van der Waals surface area contributed by atoms with Crippen molar-refractivity contribution < 1.29 is 33.3 Å². The molecule has 2 aliphatic heterocycles. The van der Waals surface area contributed by atoms with Crippen molar-refractivity contribution in [3.63, 3.8) is 0 Å². The molecule has 4 atom stereocenters. The molecule has 2 heterocycles. The maximum Gasteiger partial charge on any atom is 0.304 e. The maximum absolute atomic E-state index is 11.7. The van der Waals surface area contributed by atoms with Crippen LogP contribution in [0.15, 0.2) is 0 Å². The summed E-state index contributed by atoms with van der Waals surface area (Å²) >= 11 is 0. The fraction of sp³-hybridized carbons (Fsp3) is 0.933. The number of carbonyl (C=O) groups is 2. The Morgan fingerprint density at radius 1 is 0.703 bits per heavy atom. The first-order valence-electron chi connectivity index (χ1n) is 14.9. The number of rotatable bonds is 16. The smallest absolute Gasteiger partial charge is 0.304 e. The van der Waals surface area contributed by atoms with E-state index in [0.29, 0.717) is 24.7 Å². The first-order valence-corrected chi connectivity index (χ1v) is 14.9. The molecular formula is C30H54O7. The van der Waals surface area contributed by atoms with Crippen molar-refractivity contribution >= 4 is 11.9 Å². The molecule has 7 heteroatoms. The molecule has 0 saturated carbocycles. The summed E-state index contributed by atoms with van der Waals surface area (Å²) in [7, 11) is 0. The van der Waals surface area contributed by atoms with E-state index in [0.717, 1.165) is 64.2 Å². The average molecular weight is 527 g/mol. The van der Waals surface area contributed by atoms with E-state index in [1.807, 2.05) is 0 Å². The predicted molar refractivity (Wildman–Crippen MR) is 143 cm³/mol. The van der Waals surface area contributed by atoms with Crippen molar-refractivity contribution in [2.24, 2.45) is 11.8 Å². The molecule has 4 unspecified atom stereocenters. The first-order chi connectivity index (χ1) is 17.5. The van der Waals surface area contributed by atoms with Crippen LogP contribution in [0.25, 0.3) is 0 Å². The fourth-order valence-corrected chi connectivity index (χ4v) is 5.53. The van der Waals surface area contributed by atoms with E-state index in [1.54, 1.807) is 0 Å². The van der Waals surface area contributed by atoms with Crippen LogP contribution in [0.4, 0.5) is 0 Å². The van der Waals surface area contributed by atoms with Crippen molar-refractivity contribution in [1.82, 2.24) is 0 Å². The molecular weight excluding hydrogens is 472 g/mol. The lowest BCUT2D eigenvalue weighted by Gasteiger charge is -2.49. The Bertz CT molecular complexity index is 623. The summed E-state index contributed by atoms with van der Waals surface area (Å²) in [5, 5.41) is 0. The monoisotopic (exact) mass is 526 g/mol. The Morgan fingerprint density at radius 3 is 1.46 bits per heavy atom. The van der Waals surface area contributed by atoms with Gasteiger partial charge in [-0.05, 0) is 37.5 Å². The molecule has 0 N–H and O–H groups in total. The van der Waals surface area contributed by atoms with Crippen LogP contribution < -0.4 is 0 Å². The highest BCUT2D eigenvalue weighted by Crippen LogP contribution is 2.44. The molecule has 216 valence electrons. The summed E-state index contributed by atoms with van der Waals surface area (Å²) < 4.78 is 30.9. The van der Waals surface area contributed by atoms with Crippen LogP contribution in [0.3, 0.4) is 0 Å². The van der Waals surface area contributed by atoms with Crippen LogP contribution in [-0.2, 0) is 33.3 Å². The van der Waals surface area contributed by atoms with Gasteiger partial charge in [-0.1, -0.05) is 66.2 Å². The summed E-state index contributed by atoms with van der Waals surface area (Å²) in [6.45, 7) is 11.8. The van der Waals surface area contributed by atoms with E-state index in [-0.39, 0.29) is 11.9 Å².